The van der Waals surface area contributed by atoms with Gasteiger partial charge in [0.25, 0.3) is 5.91 Å². The summed E-state index contributed by atoms with van der Waals surface area (Å²) in [4.78, 5) is 36.2. The molecule has 5 aromatic rings. The molecule has 0 radical (unpaired) electrons. The van der Waals surface area contributed by atoms with E-state index in [1.165, 1.54) is 0 Å². The molecule has 7 heteroatoms. The number of H-pyrrole nitrogens is 1. The molecule has 190 valence electrons. The number of hydrogen-bond acceptors (Lipinski definition) is 3. The topological polar surface area (TPSA) is 70.5 Å². The summed E-state index contributed by atoms with van der Waals surface area (Å²) in [5, 5.41) is 2.86. The predicted molar refractivity (Wildman–Crippen MR) is 155 cm³/mol. The van der Waals surface area contributed by atoms with E-state index in [-0.39, 0.29) is 11.6 Å². The van der Waals surface area contributed by atoms with Crippen LogP contribution in [0, 0.1) is 0 Å². The highest BCUT2D eigenvalue weighted by molar-refractivity contribution is 6.32. The van der Waals surface area contributed by atoms with Gasteiger partial charge in [0.2, 0.25) is 0 Å². The number of rotatable bonds is 5. The van der Waals surface area contributed by atoms with Crippen LogP contribution in [0.1, 0.15) is 30.5 Å². The minimum atomic E-state index is -0.618. The van der Waals surface area contributed by atoms with Crippen molar-refractivity contribution in [1.29, 1.82) is 0 Å². The first kappa shape index (κ1) is 24.2. The van der Waals surface area contributed by atoms with Crippen LogP contribution < -0.4 is 10.6 Å². The minimum Gasteiger partial charge on any atom is -0.310 e. The van der Waals surface area contributed by atoms with Crippen LogP contribution in [0.3, 0.4) is 0 Å². The summed E-state index contributed by atoms with van der Waals surface area (Å²) in [6.07, 6.45) is 0.470. The van der Waals surface area contributed by atoms with Gasteiger partial charge in [0.1, 0.15) is 6.04 Å². The van der Waals surface area contributed by atoms with Crippen LogP contribution in [0.4, 0.5) is 5.69 Å². The van der Waals surface area contributed by atoms with Gasteiger partial charge in [-0.25, -0.2) is 4.79 Å². The number of hydrogen-bond donors (Lipinski definition) is 1. The number of likely N-dealkylation sites (N-methyl/N-ethyl adjacent to an activating group) is 1. The maximum absolute atomic E-state index is 13.9. The summed E-state index contributed by atoms with van der Waals surface area (Å²) >= 11 is 6.47. The first-order valence-electron chi connectivity index (χ1n) is 12.9. The van der Waals surface area contributed by atoms with Crippen LogP contribution in [-0.4, -0.2) is 33.8 Å². The van der Waals surface area contributed by atoms with E-state index in [1.807, 2.05) is 62.4 Å². The lowest BCUT2D eigenvalue weighted by atomic mass is 9.99. The molecule has 0 fully saturated rings. The smallest absolute Gasteiger partial charge is 0.310 e. The van der Waals surface area contributed by atoms with Crippen LogP contribution in [0.5, 0.6) is 0 Å². The fourth-order valence-electron chi connectivity index (χ4n) is 5.40. The van der Waals surface area contributed by atoms with E-state index in [0.29, 0.717) is 30.2 Å². The third kappa shape index (κ3) is 4.11. The number of nitrogens with one attached hydrogen (secondary N) is 1. The van der Waals surface area contributed by atoms with E-state index in [2.05, 4.69) is 35.3 Å². The third-order valence-electron chi connectivity index (χ3n) is 7.26. The molecule has 0 spiro atoms. The maximum Gasteiger partial charge on any atom is 0.326 e. The highest BCUT2D eigenvalue weighted by Crippen LogP contribution is 2.32. The molecule has 1 amide bonds. The van der Waals surface area contributed by atoms with Gasteiger partial charge in [-0.05, 0) is 60.5 Å². The quantitative estimate of drug-likeness (QED) is 0.309. The van der Waals surface area contributed by atoms with E-state index >= 15 is 0 Å². The summed E-state index contributed by atoms with van der Waals surface area (Å²) in [6, 6.07) is 25.3. The molecule has 38 heavy (non-hydrogen) atoms. The molecule has 1 N–H and O–H groups in total. The van der Waals surface area contributed by atoms with Gasteiger partial charge in [0, 0.05) is 35.7 Å². The van der Waals surface area contributed by atoms with Gasteiger partial charge in [0.05, 0.1) is 22.4 Å². The standard InChI is InChI=1S/C31H27ClN4O2/c1-3-35-27-14-12-23(32)18-24(27)29(22-11-13-25-28(17-22)36(4-2)31(38)34-25)33-26(30(35)37)16-19-9-10-20-7-5-6-8-21(20)15-19/h5-15,17-18,26H,3-4,16H2,1-2H3,(H,34,38). The molecule has 4 aromatic carbocycles. The Balaban J connectivity index is 1.53. The van der Waals surface area contributed by atoms with Crippen LogP contribution in [0.2, 0.25) is 5.02 Å². The Labute approximate surface area is 225 Å². The predicted octanol–water partition coefficient (Wildman–Crippen LogP) is 5.97. The van der Waals surface area contributed by atoms with Crippen molar-refractivity contribution in [2.24, 2.45) is 4.99 Å². The van der Waals surface area contributed by atoms with E-state index in [1.54, 1.807) is 9.47 Å². The Morgan fingerprint density at radius 2 is 1.71 bits per heavy atom. The van der Waals surface area contributed by atoms with Gasteiger partial charge >= 0.3 is 5.69 Å². The van der Waals surface area contributed by atoms with E-state index in [9.17, 15) is 9.59 Å². The van der Waals surface area contributed by atoms with Gasteiger partial charge < -0.3 is 9.88 Å². The fraction of sp³-hybridized carbons (Fsp3) is 0.194. The number of carbonyl (C=O) groups is 1. The first-order chi connectivity index (χ1) is 18.5. The number of benzene rings is 4. The molecule has 6 nitrogen and oxygen atoms in total. The first-order valence-corrected chi connectivity index (χ1v) is 13.2. The number of amides is 1. The molecular formula is C31H27ClN4O2. The van der Waals surface area contributed by atoms with Crippen molar-refractivity contribution < 1.29 is 4.79 Å². The molecule has 1 aromatic heterocycles. The Bertz CT molecular complexity index is 1800. The normalized spacial score (nSPS) is 15.6. The molecular weight excluding hydrogens is 496 g/mol. The van der Waals surface area contributed by atoms with Crippen molar-refractivity contribution in [3.05, 3.63) is 111 Å². The lowest BCUT2D eigenvalue weighted by molar-refractivity contribution is -0.119. The number of aromatic nitrogens is 2. The van der Waals surface area contributed by atoms with E-state index < -0.39 is 6.04 Å². The number of benzodiazepines with no additional fused rings is 1. The number of anilines is 1. The van der Waals surface area contributed by atoms with Crippen molar-refractivity contribution >= 4 is 50.7 Å². The number of aryl methyl sites for hydroxylation is 1. The third-order valence-corrected chi connectivity index (χ3v) is 7.50. The molecule has 6 rings (SSSR count). The second-order valence-corrected chi connectivity index (χ2v) is 9.97. The molecule has 0 saturated carbocycles. The molecule has 1 aliphatic rings. The maximum atomic E-state index is 13.9. The Morgan fingerprint density at radius 3 is 2.50 bits per heavy atom. The zero-order valence-electron chi connectivity index (χ0n) is 21.2. The number of nitrogens with zero attached hydrogens (tertiary/aromatic N) is 3. The Kier molecular flexibility index (Phi) is 6.12. The number of fused-ring (bicyclic) bond motifs is 3. The van der Waals surface area contributed by atoms with Gasteiger partial charge in [-0.1, -0.05) is 60.1 Å². The minimum absolute atomic E-state index is 0.0487. The molecule has 2 heterocycles. The number of carbonyl (C=O) groups excluding carboxylic acids is 1. The summed E-state index contributed by atoms with van der Waals surface area (Å²) in [6.45, 7) is 4.97. The lowest BCUT2D eigenvalue weighted by Crippen LogP contribution is -2.38. The van der Waals surface area contributed by atoms with Crippen molar-refractivity contribution in [3.8, 4) is 0 Å². The van der Waals surface area contributed by atoms with Gasteiger partial charge in [-0.2, -0.15) is 0 Å². The molecule has 1 aliphatic heterocycles. The average Bonchev–Trinajstić information content (AvgIpc) is 3.20. The van der Waals surface area contributed by atoms with Crippen molar-refractivity contribution in [1.82, 2.24) is 9.55 Å². The fourth-order valence-corrected chi connectivity index (χ4v) is 5.58. The zero-order valence-corrected chi connectivity index (χ0v) is 22.0. The summed E-state index contributed by atoms with van der Waals surface area (Å²) in [5.74, 6) is -0.0487. The molecule has 0 bridgehead atoms. The van der Waals surface area contributed by atoms with Gasteiger partial charge in [0.15, 0.2) is 0 Å². The van der Waals surface area contributed by atoms with Crippen LogP contribution >= 0.6 is 11.6 Å². The van der Waals surface area contributed by atoms with Crippen LogP contribution in [0.25, 0.3) is 21.8 Å². The largest absolute Gasteiger partial charge is 0.326 e. The second kappa shape index (κ2) is 9.62. The summed E-state index contributed by atoms with van der Waals surface area (Å²) in [5.41, 5.74) is 5.57. The number of aromatic amines is 1. The SMILES string of the molecule is CCN1C(=O)C(Cc2ccc3ccccc3c2)N=C(c2ccc3[nH]c(=O)n(CC)c3c2)c2cc(Cl)ccc21. The highest BCUT2D eigenvalue weighted by atomic mass is 35.5. The van der Waals surface area contributed by atoms with E-state index in [0.717, 1.165) is 44.2 Å². The average molecular weight is 523 g/mol. The highest BCUT2D eigenvalue weighted by Gasteiger charge is 2.32. The van der Waals surface area contributed by atoms with Gasteiger partial charge in [-0.15, -0.1) is 0 Å². The van der Waals surface area contributed by atoms with Crippen molar-refractivity contribution in [2.45, 2.75) is 32.9 Å². The molecule has 1 atom stereocenters. The van der Waals surface area contributed by atoms with Crippen molar-refractivity contribution in [3.63, 3.8) is 0 Å². The number of imidazole rings is 1. The van der Waals surface area contributed by atoms with Gasteiger partial charge in [-0.3, -0.25) is 14.4 Å². The zero-order chi connectivity index (χ0) is 26.4. The Morgan fingerprint density at radius 1 is 0.895 bits per heavy atom. The summed E-state index contributed by atoms with van der Waals surface area (Å²) in [7, 11) is 0. The molecule has 0 saturated heterocycles. The molecule has 1 unspecified atom stereocenters. The Hall–Kier alpha value is -4.16. The van der Waals surface area contributed by atoms with Crippen LogP contribution in [-0.2, 0) is 17.8 Å². The molecule has 0 aliphatic carbocycles. The van der Waals surface area contributed by atoms with Crippen molar-refractivity contribution in [2.75, 3.05) is 11.4 Å². The monoisotopic (exact) mass is 522 g/mol. The number of halogens is 1. The second-order valence-electron chi connectivity index (χ2n) is 9.53. The van der Waals surface area contributed by atoms with Crippen LogP contribution in [0.15, 0.2) is 88.6 Å². The lowest BCUT2D eigenvalue weighted by Gasteiger charge is -2.24. The summed E-state index contributed by atoms with van der Waals surface area (Å²) < 4.78 is 1.70. The number of aliphatic imine (C=N–C) groups is 1. The van der Waals surface area contributed by atoms with E-state index in [4.69, 9.17) is 16.6 Å².